The topological polar surface area (TPSA) is 62.3 Å². The van der Waals surface area contributed by atoms with Crippen molar-refractivity contribution in [3.05, 3.63) is 29.6 Å². The highest BCUT2D eigenvalue weighted by Gasteiger charge is 2.45. The van der Waals surface area contributed by atoms with Gasteiger partial charge in [0.1, 0.15) is 12.1 Å². The molecule has 5 nitrogen and oxygen atoms in total. The van der Waals surface area contributed by atoms with Gasteiger partial charge in [0, 0.05) is 18.4 Å². The maximum Gasteiger partial charge on any atom is 0.246 e. The van der Waals surface area contributed by atoms with Gasteiger partial charge in [0.15, 0.2) is 0 Å². The molecule has 2 heterocycles. The fourth-order valence-electron chi connectivity index (χ4n) is 2.60. The number of hydrogen-bond acceptors (Lipinski definition) is 3. The summed E-state index contributed by atoms with van der Waals surface area (Å²) in [6.45, 7) is 4.15. The second-order valence-electron chi connectivity index (χ2n) is 5.77. The first kappa shape index (κ1) is 13.1. The number of carbonyl (C=O) groups is 2. The summed E-state index contributed by atoms with van der Waals surface area (Å²) in [5.74, 6) is 0.319. The fourth-order valence-corrected chi connectivity index (χ4v) is 2.60. The van der Waals surface area contributed by atoms with Gasteiger partial charge in [-0.15, -0.1) is 0 Å². The molecular weight excluding hydrogens is 254 g/mol. The van der Waals surface area contributed by atoms with Crippen LogP contribution >= 0.6 is 0 Å². The van der Waals surface area contributed by atoms with Crippen LogP contribution in [0.15, 0.2) is 18.3 Å². The molecule has 2 amide bonds. The number of nitrogens with zero attached hydrogens (tertiary/aromatic N) is 2. The number of nitrogens with one attached hydrogen (secondary N) is 1. The van der Waals surface area contributed by atoms with Crippen molar-refractivity contribution in [2.24, 2.45) is 5.92 Å². The maximum atomic E-state index is 12.5. The van der Waals surface area contributed by atoms with Crippen LogP contribution in [0.1, 0.15) is 31.0 Å². The molecule has 1 aliphatic carbocycles. The third-order valence-electron chi connectivity index (χ3n) is 4.11. The summed E-state index contributed by atoms with van der Waals surface area (Å²) < 4.78 is 0. The van der Waals surface area contributed by atoms with E-state index in [1.165, 1.54) is 0 Å². The molecule has 20 heavy (non-hydrogen) atoms. The minimum atomic E-state index is -0.418. The molecule has 1 aliphatic heterocycles. The Hall–Kier alpha value is -1.91. The van der Waals surface area contributed by atoms with Crippen LogP contribution in [0, 0.1) is 12.8 Å². The lowest BCUT2D eigenvalue weighted by molar-refractivity contribution is -0.149. The molecule has 1 saturated carbocycles. The van der Waals surface area contributed by atoms with Gasteiger partial charge >= 0.3 is 0 Å². The Kier molecular flexibility index (Phi) is 3.20. The zero-order chi connectivity index (χ0) is 14.3. The summed E-state index contributed by atoms with van der Waals surface area (Å²) >= 11 is 0. The van der Waals surface area contributed by atoms with Crippen LogP contribution in [0.2, 0.25) is 0 Å². The monoisotopic (exact) mass is 273 g/mol. The van der Waals surface area contributed by atoms with E-state index in [-0.39, 0.29) is 17.9 Å². The van der Waals surface area contributed by atoms with Gasteiger partial charge in [0.2, 0.25) is 11.8 Å². The molecule has 1 aromatic rings. The van der Waals surface area contributed by atoms with Crippen molar-refractivity contribution in [2.75, 3.05) is 0 Å². The first-order valence-electron chi connectivity index (χ1n) is 7.08. The van der Waals surface area contributed by atoms with E-state index in [0.717, 1.165) is 24.1 Å². The standard InChI is InChI=1S/C15H19N3O2/c1-9-3-4-11(7-16-9)8-18-10(2)14(19)17-13(15(18)20)12-5-6-12/h3-4,7,10,12-13H,5-6,8H2,1-2H3,(H,17,19). The maximum absolute atomic E-state index is 12.5. The number of rotatable bonds is 3. The Morgan fingerprint density at radius 3 is 2.70 bits per heavy atom. The number of amides is 2. The van der Waals surface area contributed by atoms with Gasteiger partial charge in [0.05, 0.1) is 0 Å². The van der Waals surface area contributed by atoms with Crippen molar-refractivity contribution in [1.29, 1.82) is 0 Å². The van der Waals surface area contributed by atoms with Crippen molar-refractivity contribution >= 4 is 11.8 Å². The van der Waals surface area contributed by atoms with Crippen LogP contribution in [0.5, 0.6) is 0 Å². The third kappa shape index (κ3) is 2.40. The quantitative estimate of drug-likeness (QED) is 0.894. The molecule has 2 atom stereocenters. The smallest absolute Gasteiger partial charge is 0.246 e. The van der Waals surface area contributed by atoms with Crippen molar-refractivity contribution < 1.29 is 9.59 Å². The number of pyridine rings is 1. The number of aromatic nitrogens is 1. The molecule has 0 spiro atoms. The Morgan fingerprint density at radius 1 is 1.35 bits per heavy atom. The Balaban J connectivity index is 1.79. The van der Waals surface area contributed by atoms with Crippen LogP contribution in [-0.2, 0) is 16.1 Å². The predicted molar refractivity (Wildman–Crippen MR) is 73.6 cm³/mol. The van der Waals surface area contributed by atoms with Gasteiger partial charge in [0.25, 0.3) is 0 Å². The van der Waals surface area contributed by atoms with E-state index >= 15 is 0 Å². The largest absolute Gasteiger partial charge is 0.342 e. The Labute approximate surface area is 118 Å². The van der Waals surface area contributed by atoms with Gasteiger partial charge in [-0.2, -0.15) is 0 Å². The molecule has 2 fully saturated rings. The molecule has 2 aliphatic rings. The fraction of sp³-hybridized carbons (Fsp3) is 0.533. The molecule has 5 heteroatoms. The number of piperazine rings is 1. The average molecular weight is 273 g/mol. The van der Waals surface area contributed by atoms with Crippen LogP contribution in [0.25, 0.3) is 0 Å². The molecule has 0 radical (unpaired) electrons. The van der Waals surface area contributed by atoms with Crippen LogP contribution in [0.3, 0.4) is 0 Å². The molecule has 2 unspecified atom stereocenters. The highest BCUT2D eigenvalue weighted by atomic mass is 16.2. The van der Waals surface area contributed by atoms with E-state index in [2.05, 4.69) is 10.3 Å². The summed E-state index contributed by atoms with van der Waals surface area (Å²) in [6, 6.07) is 3.14. The molecule has 0 aromatic carbocycles. The van der Waals surface area contributed by atoms with E-state index in [0.29, 0.717) is 12.5 Å². The Bertz CT molecular complexity index is 537. The highest BCUT2D eigenvalue weighted by Crippen LogP contribution is 2.35. The van der Waals surface area contributed by atoms with Crippen molar-refractivity contribution in [1.82, 2.24) is 15.2 Å². The van der Waals surface area contributed by atoms with Crippen molar-refractivity contribution in [3.8, 4) is 0 Å². The third-order valence-corrected chi connectivity index (χ3v) is 4.11. The molecule has 106 valence electrons. The molecule has 1 saturated heterocycles. The molecule has 0 bridgehead atoms. The van der Waals surface area contributed by atoms with Crippen LogP contribution < -0.4 is 5.32 Å². The van der Waals surface area contributed by atoms with E-state index in [9.17, 15) is 9.59 Å². The summed E-state index contributed by atoms with van der Waals surface area (Å²) in [4.78, 5) is 30.5. The first-order valence-corrected chi connectivity index (χ1v) is 7.08. The zero-order valence-corrected chi connectivity index (χ0v) is 11.8. The summed E-state index contributed by atoms with van der Waals surface area (Å²) in [7, 11) is 0. The van der Waals surface area contributed by atoms with Gasteiger partial charge in [-0.25, -0.2) is 0 Å². The molecule has 3 rings (SSSR count). The summed E-state index contributed by atoms with van der Waals surface area (Å²) in [6.07, 6.45) is 3.84. The van der Waals surface area contributed by atoms with Crippen molar-refractivity contribution in [3.63, 3.8) is 0 Å². The molecular formula is C15H19N3O2. The predicted octanol–water partition coefficient (Wildman–Crippen LogP) is 1.02. The normalized spacial score (nSPS) is 26.6. The SMILES string of the molecule is Cc1ccc(CN2C(=O)C(C3CC3)NC(=O)C2C)cn1. The minimum Gasteiger partial charge on any atom is -0.342 e. The lowest BCUT2D eigenvalue weighted by Crippen LogP contribution is -2.62. The highest BCUT2D eigenvalue weighted by molar-refractivity contribution is 5.97. The lowest BCUT2D eigenvalue weighted by atomic mass is 10.0. The van der Waals surface area contributed by atoms with Crippen molar-refractivity contribution in [2.45, 2.75) is 45.3 Å². The van der Waals surface area contributed by atoms with E-state index in [4.69, 9.17) is 0 Å². The van der Waals surface area contributed by atoms with E-state index in [1.807, 2.05) is 19.1 Å². The van der Waals surface area contributed by atoms with Gasteiger partial charge in [-0.05, 0) is 44.2 Å². The Morgan fingerprint density at radius 2 is 2.10 bits per heavy atom. The van der Waals surface area contributed by atoms with E-state index < -0.39 is 6.04 Å². The second-order valence-corrected chi connectivity index (χ2v) is 5.77. The number of carbonyl (C=O) groups excluding carboxylic acids is 2. The second kappa shape index (κ2) is 4.89. The van der Waals surface area contributed by atoms with Crippen LogP contribution in [-0.4, -0.2) is 33.8 Å². The van der Waals surface area contributed by atoms with E-state index in [1.54, 1.807) is 18.0 Å². The lowest BCUT2D eigenvalue weighted by Gasteiger charge is -2.37. The average Bonchev–Trinajstić information content (AvgIpc) is 3.25. The molecule has 1 aromatic heterocycles. The number of hydrogen-bond donors (Lipinski definition) is 1. The first-order chi connectivity index (χ1) is 9.56. The minimum absolute atomic E-state index is 0.0418. The summed E-state index contributed by atoms with van der Waals surface area (Å²) in [5.41, 5.74) is 1.90. The zero-order valence-electron chi connectivity index (χ0n) is 11.8. The van der Waals surface area contributed by atoms with Gasteiger partial charge in [-0.1, -0.05) is 6.07 Å². The van der Waals surface area contributed by atoms with Gasteiger partial charge < -0.3 is 10.2 Å². The van der Waals surface area contributed by atoms with Crippen LogP contribution in [0.4, 0.5) is 0 Å². The molecule has 1 N–H and O–H groups in total. The van der Waals surface area contributed by atoms with Gasteiger partial charge in [-0.3, -0.25) is 14.6 Å². The number of aryl methyl sites for hydroxylation is 1. The summed E-state index contributed by atoms with van der Waals surface area (Å²) in [5, 5.41) is 2.86.